The first-order valence-corrected chi connectivity index (χ1v) is 9.11. The van der Waals surface area contributed by atoms with E-state index in [2.05, 4.69) is 22.4 Å². The van der Waals surface area contributed by atoms with Crippen molar-refractivity contribution in [1.82, 2.24) is 10.3 Å². The summed E-state index contributed by atoms with van der Waals surface area (Å²) in [6.07, 6.45) is 6.09. The molecule has 0 atom stereocenters. The number of carbonyl (C=O) groups is 1. The highest BCUT2D eigenvalue weighted by atomic mass is 32.1. The maximum atomic E-state index is 12.5. The highest BCUT2D eigenvalue weighted by Crippen LogP contribution is 2.40. The zero-order valence-corrected chi connectivity index (χ0v) is 14.5. The van der Waals surface area contributed by atoms with Crippen molar-refractivity contribution in [1.29, 1.82) is 0 Å². The van der Waals surface area contributed by atoms with Gasteiger partial charge < -0.3 is 15.0 Å². The van der Waals surface area contributed by atoms with Crippen LogP contribution in [0.4, 0.5) is 0 Å². The van der Waals surface area contributed by atoms with Gasteiger partial charge in [0.15, 0.2) is 0 Å². The van der Waals surface area contributed by atoms with E-state index in [9.17, 15) is 4.79 Å². The summed E-state index contributed by atoms with van der Waals surface area (Å²) in [5.41, 5.74) is 3.60. The number of aromatic amines is 1. The van der Waals surface area contributed by atoms with Crippen LogP contribution in [0.15, 0.2) is 30.5 Å². The molecule has 124 valence electrons. The summed E-state index contributed by atoms with van der Waals surface area (Å²) in [6, 6.07) is 8.23. The van der Waals surface area contributed by atoms with Gasteiger partial charge in [-0.1, -0.05) is 18.2 Å². The lowest BCUT2D eigenvalue weighted by Gasteiger charge is -2.06. The fraction of sp³-hybridized carbons (Fsp3) is 0.316. The number of para-hydroxylation sites is 1. The van der Waals surface area contributed by atoms with Crippen LogP contribution in [0.5, 0.6) is 5.75 Å². The molecule has 4 nitrogen and oxygen atoms in total. The highest BCUT2D eigenvalue weighted by Gasteiger charge is 2.26. The van der Waals surface area contributed by atoms with E-state index < -0.39 is 0 Å². The molecular formula is C19H20N2O2S. The number of thiophene rings is 1. The monoisotopic (exact) mass is 340 g/mol. The SMILES string of the molecule is COc1c(C(=O)NCCc2c[nH]c3ccccc23)sc2c1CCC2. The number of H-pyrrole nitrogens is 1. The third-order valence-corrected chi connectivity index (χ3v) is 5.91. The van der Waals surface area contributed by atoms with Crippen LogP contribution < -0.4 is 10.1 Å². The van der Waals surface area contributed by atoms with Crippen molar-refractivity contribution in [3.05, 3.63) is 51.3 Å². The van der Waals surface area contributed by atoms with Crippen molar-refractivity contribution in [2.24, 2.45) is 0 Å². The third kappa shape index (κ3) is 2.59. The highest BCUT2D eigenvalue weighted by molar-refractivity contribution is 7.14. The lowest BCUT2D eigenvalue weighted by Crippen LogP contribution is -2.25. The molecule has 1 aliphatic rings. The molecule has 1 aliphatic carbocycles. The molecule has 0 radical (unpaired) electrons. The number of methoxy groups -OCH3 is 1. The molecule has 4 rings (SSSR count). The number of fused-ring (bicyclic) bond motifs is 2. The first kappa shape index (κ1) is 15.3. The van der Waals surface area contributed by atoms with Crippen molar-refractivity contribution in [2.45, 2.75) is 25.7 Å². The number of hydrogen-bond donors (Lipinski definition) is 2. The molecule has 24 heavy (non-hydrogen) atoms. The Balaban J connectivity index is 1.44. The second-order valence-corrected chi connectivity index (χ2v) is 7.19. The van der Waals surface area contributed by atoms with E-state index in [1.54, 1.807) is 18.4 Å². The first-order valence-electron chi connectivity index (χ1n) is 8.29. The number of benzene rings is 1. The Morgan fingerprint density at radius 1 is 1.33 bits per heavy atom. The predicted molar refractivity (Wildman–Crippen MR) is 97.2 cm³/mol. The summed E-state index contributed by atoms with van der Waals surface area (Å²) in [7, 11) is 1.66. The topological polar surface area (TPSA) is 54.1 Å². The number of ether oxygens (including phenoxy) is 1. The molecule has 1 aromatic carbocycles. The smallest absolute Gasteiger partial charge is 0.265 e. The average molecular weight is 340 g/mol. The number of hydrogen-bond acceptors (Lipinski definition) is 3. The number of amides is 1. The molecular weight excluding hydrogens is 320 g/mol. The number of nitrogens with one attached hydrogen (secondary N) is 2. The van der Waals surface area contributed by atoms with Gasteiger partial charge in [-0.05, 0) is 37.3 Å². The summed E-state index contributed by atoms with van der Waals surface area (Å²) in [6.45, 7) is 0.617. The Kier molecular flexibility index (Phi) is 4.02. The lowest BCUT2D eigenvalue weighted by atomic mass is 10.1. The van der Waals surface area contributed by atoms with Crippen LogP contribution in [0.3, 0.4) is 0 Å². The van der Waals surface area contributed by atoms with Gasteiger partial charge in [-0.3, -0.25) is 4.79 Å². The Morgan fingerprint density at radius 3 is 3.08 bits per heavy atom. The first-order chi connectivity index (χ1) is 11.8. The molecule has 0 fully saturated rings. The van der Waals surface area contributed by atoms with Crippen molar-refractivity contribution in [2.75, 3.05) is 13.7 Å². The maximum Gasteiger partial charge on any atom is 0.265 e. The van der Waals surface area contributed by atoms with Crippen LogP contribution in [0, 0.1) is 0 Å². The number of carbonyl (C=O) groups excluding carboxylic acids is 1. The summed E-state index contributed by atoms with van der Waals surface area (Å²) >= 11 is 1.59. The number of rotatable bonds is 5. The van der Waals surface area contributed by atoms with Gasteiger partial charge in [0, 0.05) is 34.1 Å². The lowest BCUT2D eigenvalue weighted by molar-refractivity contribution is 0.0955. The van der Waals surface area contributed by atoms with Crippen molar-refractivity contribution >= 4 is 28.1 Å². The third-order valence-electron chi connectivity index (χ3n) is 4.64. The normalized spacial score (nSPS) is 13.2. The van der Waals surface area contributed by atoms with Crippen molar-refractivity contribution < 1.29 is 9.53 Å². The molecule has 0 spiro atoms. The summed E-state index contributed by atoms with van der Waals surface area (Å²) in [5.74, 6) is 0.767. The maximum absolute atomic E-state index is 12.5. The zero-order chi connectivity index (χ0) is 16.5. The van der Waals surface area contributed by atoms with Crippen LogP contribution in [0.1, 0.15) is 32.1 Å². The zero-order valence-electron chi connectivity index (χ0n) is 13.6. The predicted octanol–water partition coefficient (Wildman–Crippen LogP) is 3.70. The van der Waals surface area contributed by atoms with Gasteiger partial charge in [0.2, 0.25) is 0 Å². The largest absolute Gasteiger partial charge is 0.495 e. The van der Waals surface area contributed by atoms with Gasteiger partial charge in [0.25, 0.3) is 5.91 Å². The summed E-state index contributed by atoms with van der Waals surface area (Å²) in [4.78, 5) is 17.8. The minimum atomic E-state index is -0.0221. The van der Waals surface area contributed by atoms with Crippen LogP contribution in [0.2, 0.25) is 0 Å². The van der Waals surface area contributed by atoms with E-state index in [1.165, 1.54) is 27.8 Å². The molecule has 3 aromatic rings. The quantitative estimate of drug-likeness (QED) is 0.744. The van der Waals surface area contributed by atoms with Crippen LogP contribution in [-0.4, -0.2) is 24.5 Å². The summed E-state index contributed by atoms with van der Waals surface area (Å²) < 4.78 is 5.50. The van der Waals surface area contributed by atoms with E-state index in [0.29, 0.717) is 6.54 Å². The molecule has 0 bridgehead atoms. The van der Waals surface area contributed by atoms with E-state index >= 15 is 0 Å². The average Bonchev–Trinajstić information content (AvgIpc) is 3.28. The fourth-order valence-electron chi connectivity index (χ4n) is 3.47. The van der Waals surface area contributed by atoms with E-state index in [1.807, 2.05) is 18.3 Å². The van der Waals surface area contributed by atoms with Crippen LogP contribution >= 0.6 is 11.3 Å². The van der Waals surface area contributed by atoms with Crippen molar-refractivity contribution in [3.8, 4) is 5.75 Å². The van der Waals surface area contributed by atoms with E-state index in [4.69, 9.17) is 4.74 Å². The summed E-state index contributed by atoms with van der Waals surface area (Å²) in [5, 5.41) is 4.26. The molecule has 2 N–H and O–H groups in total. The minimum absolute atomic E-state index is 0.0221. The van der Waals surface area contributed by atoms with Gasteiger partial charge in [0.1, 0.15) is 10.6 Å². The van der Waals surface area contributed by atoms with Crippen LogP contribution in [-0.2, 0) is 19.3 Å². The Labute approximate surface area is 144 Å². The molecule has 5 heteroatoms. The van der Waals surface area contributed by atoms with Gasteiger partial charge in [0.05, 0.1) is 7.11 Å². The molecule has 0 saturated carbocycles. The number of aryl methyl sites for hydroxylation is 1. The fourth-order valence-corrected chi connectivity index (χ4v) is 4.75. The molecule has 0 aliphatic heterocycles. The minimum Gasteiger partial charge on any atom is -0.495 e. The van der Waals surface area contributed by atoms with Gasteiger partial charge in [-0.15, -0.1) is 11.3 Å². The van der Waals surface area contributed by atoms with Gasteiger partial charge in [-0.25, -0.2) is 0 Å². The standard InChI is InChI=1S/C19H20N2O2S/c1-23-17-14-6-4-8-16(14)24-18(17)19(22)20-10-9-12-11-21-15-7-3-2-5-13(12)15/h2-3,5,7,11,21H,4,6,8-10H2,1H3,(H,20,22). The van der Waals surface area contributed by atoms with Crippen LogP contribution in [0.25, 0.3) is 10.9 Å². The number of aromatic nitrogens is 1. The van der Waals surface area contributed by atoms with Gasteiger partial charge >= 0.3 is 0 Å². The second-order valence-electron chi connectivity index (χ2n) is 6.09. The Morgan fingerprint density at radius 2 is 2.21 bits per heavy atom. The Hall–Kier alpha value is -2.27. The molecule has 1 amide bonds. The molecule has 0 saturated heterocycles. The molecule has 0 unspecified atom stereocenters. The molecule has 2 aromatic heterocycles. The second kappa shape index (κ2) is 6.32. The van der Waals surface area contributed by atoms with Gasteiger partial charge in [-0.2, -0.15) is 0 Å². The van der Waals surface area contributed by atoms with E-state index in [0.717, 1.165) is 35.4 Å². The molecule has 2 heterocycles. The Bertz CT molecular complexity index is 894. The van der Waals surface area contributed by atoms with Crippen molar-refractivity contribution in [3.63, 3.8) is 0 Å². The van der Waals surface area contributed by atoms with E-state index in [-0.39, 0.29) is 5.91 Å².